The predicted molar refractivity (Wildman–Crippen MR) is 130 cm³/mol. The van der Waals surface area contributed by atoms with Gasteiger partial charge in [0.1, 0.15) is 11.5 Å². The zero-order valence-corrected chi connectivity index (χ0v) is 19.4. The van der Waals surface area contributed by atoms with E-state index in [2.05, 4.69) is 0 Å². The highest BCUT2D eigenvalue weighted by atomic mass is 35.5. The third-order valence-electron chi connectivity index (χ3n) is 5.64. The van der Waals surface area contributed by atoms with Gasteiger partial charge in [-0.1, -0.05) is 47.5 Å². The third kappa shape index (κ3) is 4.24. The number of hydrogen-bond acceptors (Lipinski definition) is 4. The van der Waals surface area contributed by atoms with Gasteiger partial charge in [0, 0.05) is 16.3 Å². The molecule has 168 valence electrons. The summed E-state index contributed by atoms with van der Waals surface area (Å²) in [6.07, 6.45) is 0. The molecule has 3 aromatic carbocycles. The molecule has 1 unspecified atom stereocenters. The molecule has 0 aliphatic carbocycles. The molecule has 1 fully saturated rings. The number of carbonyl (C=O) groups is 2. The Morgan fingerprint density at radius 1 is 1.03 bits per heavy atom. The van der Waals surface area contributed by atoms with Gasteiger partial charge in [-0.3, -0.25) is 14.5 Å². The van der Waals surface area contributed by atoms with Gasteiger partial charge in [-0.25, -0.2) is 0 Å². The van der Waals surface area contributed by atoms with Crippen LogP contribution in [0.5, 0.6) is 5.75 Å². The lowest BCUT2D eigenvalue weighted by molar-refractivity contribution is -0.132. The number of aliphatic hydroxyl groups excluding tert-OH is 1. The minimum absolute atomic E-state index is 0.0362. The van der Waals surface area contributed by atoms with Gasteiger partial charge in [0.05, 0.1) is 18.2 Å². The number of aryl methyl sites for hydroxylation is 2. The minimum atomic E-state index is -0.796. The third-order valence-corrected chi connectivity index (χ3v) is 5.87. The number of ketones is 1. The highest BCUT2D eigenvalue weighted by Crippen LogP contribution is 2.43. The molecule has 3 aromatic rings. The Bertz CT molecular complexity index is 1280. The first-order chi connectivity index (χ1) is 15.8. The summed E-state index contributed by atoms with van der Waals surface area (Å²) >= 11 is 6.18. The Balaban J connectivity index is 1.92. The second-order valence-corrected chi connectivity index (χ2v) is 8.41. The second-order valence-electron chi connectivity index (χ2n) is 7.98. The smallest absolute Gasteiger partial charge is 0.300 e. The van der Waals surface area contributed by atoms with Crippen LogP contribution in [0.3, 0.4) is 0 Å². The molecule has 1 N–H and O–H groups in total. The number of amides is 1. The van der Waals surface area contributed by atoms with Crippen LogP contribution >= 0.6 is 11.6 Å². The van der Waals surface area contributed by atoms with Crippen molar-refractivity contribution in [2.75, 3.05) is 11.5 Å². The summed E-state index contributed by atoms with van der Waals surface area (Å²) < 4.78 is 5.59. The van der Waals surface area contributed by atoms with Crippen LogP contribution in [0.1, 0.15) is 35.2 Å². The molecule has 33 heavy (non-hydrogen) atoms. The average Bonchev–Trinajstić information content (AvgIpc) is 3.05. The van der Waals surface area contributed by atoms with Gasteiger partial charge in [0.2, 0.25) is 0 Å². The van der Waals surface area contributed by atoms with E-state index in [-0.39, 0.29) is 11.3 Å². The Morgan fingerprint density at radius 3 is 2.45 bits per heavy atom. The molecular formula is C27H24ClNO4. The summed E-state index contributed by atoms with van der Waals surface area (Å²) in [5.74, 6) is -0.988. The van der Waals surface area contributed by atoms with Crippen molar-refractivity contribution in [1.29, 1.82) is 0 Å². The maximum absolute atomic E-state index is 13.2. The number of Topliss-reactive ketones (excluding diaryl/α,β-unsaturated/α-hetero) is 1. The van der Waals surface area contributed by atoms with E-state index >= 15 is 0 Å². The molecule has 0 bridgehead atoms. The lowest BCUT2D eigenvalue weighted by atomic mass is 9.94. The number of anilines is 1. The maximum Gasteiger partial charge on any atom is 0.300 e. The first kappa shape index (κ1) is 22.6. The lowest BCUT2D eigenvalue weighted by Gasteiger charge is -2.26. The van der Waals surface area contributed by atoms with Crippen LogP contribution < -0.4 is 9.64 Å². The molecule has 0 saturated carbocycles. The Hall–Kier alpha value is -3.57. The fourth-order valence-electron chi connectivity index (χ4n) is 4.15. The normalized spacial score (nSPS) is 17.5. The van der Waals surface area contributed by atoms with Crippen LogP contribution in [0.15, 0.2) is 72.3 Å². The van der Waals surface area contributed by atoms with E-state index in [0.717, 1.165) is 16.7 Å². The number of rotatable bonds is 5. The van der Waals surface area contributed by atoms with E-state index in [1.807, 2.05) is 45.0 Å². The van der Waals surface area contributed by atoms with Crippen molar-refractivity contribution in [3.63, 3.8) is 0 Å². The Morgan fingerprint density at radius 2 is 1.79 bits per heavy atom. The van der Waals surface area contributed by atoms with Gasteiger partial charge in [0.15, 0.2) is 0 Å². The van der Waals surface area contributed by atoms with Crippen LogP contribution in [0.4, 0.5) is 5.69 Å². The number of nitrogens with zero attached hydrogens (tertiary/aromatic N) is 1. The number of aliphatic hydroxyl groups is 1. The van der Waals surface area contributed by atoms with Gasteiger partial charge < -0.3 is 9.84 Å². The van der Waals surface area contributed by atoms with Crippen LogP contribution in [0.25, 0.3) is 5.76 Å². The van der Waals surface area contributed by atoms with E-state index in [9.17, 15) is 14.7 Å². The topological polar surface area (TPSA) is 66.8 Å². The second kappa shape index (κ2) is 9.12. The summed E-state index contributed by atoms with van der Waals surface area (Å²) in [7, 11) is 0. The Kier molecular flexibility index (Phi) is 6.25. The zero-order valence-electron chi connectivity index (χ0n) is 18.6. The molecular weight excluding hydrogens is 438 g/mol. The number of benzene rings is 3. The molecule has 1 amide bonds. The molecule has 1 heterocycles. The van der Waals surface area contributed by atoms with Gasteiger partial charge in [-0.05, 0) is 68.3 Å². The fourth-order valence-corrected chi connectivity index (χ4v) is 4.33. The summed E-state index contributed by atoms with van der Waals surface area (Å²) in [5, 5.41) is 11.7. The largest absolute Gasteiger partial charge is 0.507 e. The zero-order chi connectivity index (χ0) is 23.7. The first-order valence-electron chi connectivity index (χ1n) is 10.7. The van der Waals surface area contributed by atoms with E-state index in [1.165, 1.54) is 4.90 Å². The monoisotopic (exact) mass is 461 g/mol. The lowest BCUT2D eigenvalue weighted by Crippen LogP contribution is -2.29. The number of hydrogen-bond donors (Lipinski definition) is 1. The van der Waals surface area contributed by atoms with Crippen LogP contribution in [-0.2, 0) is 9.59 Å². The van der Waals surface area contributed by atoms with Crippen molar-refractivity contribution < 1.29 is 19.4 Å². The molecule has 1 saturated heterocycles. The van der Waals surface area contributed by atoms with Crippen LogP contribution in [0.2, 0.25) is 5.02 Å². The van der Waals surface area contributed by atoms with Crippen molar-refractivity contribution in [2.45, 2.75) is 26.8 Å². The predicted octanol–water partition coefficient (Wildman–Crippen LogP) is 5.98. The van der Waals surface area contributed by atoms with Gasteiger partial charge >= 0.3 is 0 Å². The van der Waals surface area contributed by atoms with Crippen LogP contribution in [0, 0.1) is 13.8 Å². The molecule has 0 spiro atoms. The van der Waals surface area contributed by atoms with Crippen molar-refractivity contribution >= 4 is 34.7 Å². The summed E-state index contributed by atoms with van der Waals surface area (Å²) in [6.45, 7) is 6.21. The van der Waals surface area contributed by atoms with E-state index in [0.29, 0.717) is 28.6 Å². The van der Waals surface area contributed by atoms with Crippen molar-refractivity contribution in [3.8, 4) is 5.75 Å². The SMILES string of the molecule is CCOc1ccc(/C(O)=C2\C(=O)C(=O)N(c3cccc(Cl)c3)C2c2cccc(C)c2)cc1C. The Labute approximate surface area is 197 Å². The molecule has 1 aliphatic rings. The van der Waals surface area contributed by atoms with Gasteiger partial charge in [-0.2, -0.15) is 0 Å². The maximum atomic E-state index is 13.2. The summed E-state index contributed by atoms with van der Waals surface area (Å²) in [6, 6.07) is 18.7. The quantitative estimate of drug-likeness (QED) is 0.288. The van der Waals surface area contributed by atoms with Gasteiger partial charge in [0.25, 0.3) is 11.7 Å². The molecule has 1 atom stereocenters. The molecule has 5 nitrogen and oxygen atoms in total. The molecule has 1 aliphatic heterocycles. The minimum Gasteiger partial charge on any atom is -0.507 e. The van der Waals surface area contributed by atoms with E-state index < -0.39 is 17.7 Å². The molecule has 6 heteroatoms. The van der Waals surface area contributed by atoms with E-state index in [1.54, 1.807) is 42.5 Å². The average molecular weight is 462 g/mol. The first-order valence-corrected chi connectivity index (χ1v) is 11.1. The summed E-state index contributed by atoms with van der Waals surface area (Å²) in [4.78, 5) is 27.8. The highest BCUT2D eigenvalue weighted by Gasteiger charge is 2.47. The van der Waals surface area contributed by atoms with Gasteiger partial charge in [-0.15, -0.1) is 0 Å². The fraction of sp³-hybridized carbons (Fsp3) is 0.185. The number of carbonyl (C=O) groups excluding carboxylic acids is 2. The van der Waals surface area contributed by atoms with Crippen molar-refractivity contribution in [1.82, 2.24) is 0 Å². The standard InChI is InChI=1S/C27H24ClNO4/c1-4-33-22-12-11-19(14-17(22)3)25(30)23-24(18-8-5-7-16(2)13-18)29(27(32)26(23)31)21-10-6-9-20(28)15-21/h5-15,24,30H,4H2,1-3H3/b25-23+. The van der Waals surface area contributed by atoms with Crippen molar-refractivity contribution in [2.24, 2.45) is 0 Å². The van der Waals surface area contributed by atoms with E-state index in [4.69, 9.17) is 16.3 Å². The molecule has 0 radical (unpaired) electrons. The molecule has 0 aromatic heterocycles. The summed E-state index contributed by atoms with van der Waals surface area (Å²) in [5.41, 5.74) is 3.47. The molecule has 4 rings (SSSR count). The van der Waals surface area contributed by atoms with Crippen LogP contribution in [-0.4, -0.2) is 23.4 Å². The van der Waals surface area contributed by atoms with Crippen molar-refractivity contribution in [3.05, 3.63) is 99.6 Å². The number of ether oxygens (including phenoxy) is 1. The number of halogens is 1. The highest BCUT2D eigenvalue weighted by molar-refractivity contribution is 6.51.